The number of carbonyl (C=O) groups is 1. The molecule has 2 aromatic carbocycles. The van der Waals surface area contributed by atoms with Crippen LogP contribution in [0.25, 0.3) is 22.2 Å². The van der Waals surface area contributed by atoms with Crippen LogP contribution >= 0.6 is 0 Å². The quantitative estimate of drug-likeness (QED) is 0.777. The number of nitrogens with zero attached hydrogens (tertiary/aromatic N) is 2. The van der Waals surface area contributed by atoms with Gasteiger partial charge in [0.25, 0.3) is 0 Å². The molecule has 0 aliphatic carbocycles. The second-order valence-electron chi connectivity index (χ2n) is 5.69. The summed E-state index contributed by atoms with van der Waals surface area (Å²) in [6, 6.07) is 15.0. The Kier molecular flexibility index (Phi) is 4.28. The van der Waals surface area contributed by atoms with E-state index in [1.165, 1.54) is 38.4 Å². The highest BCUT2D eigenvalue weighted by atomic mass is 32.2. The number of rotatable bonds is 4. The normalized spacial score (nSPS) is 11.8. The van der Waals surface area contributed by atoms with Crippen LogP contribution in [0.3, 0.4) is 0 Å². The lowest BCUT2D eigenvalue weighted by atomic mass is 10.0. The van der Waals surface area contributed by atoms with Gasteiger partial charge in [0, 0.05) is 25.0 Å². The molecular weight excluding hydrogens is 340 g/mol. The first-order chi connectivity index (χ1) is 11.8. The number of hydrogen-bond donors (Lipinski definition) is 1. The molecule has 0 unspecified atom stereocenters. The minimum absolute atomic E-state index is 0.0136. The molecule has 128 valence electrons. The molecule has 1 heterocycles. The summed E-state index contributed by atoms with van der Waals surface area (Å²) in [6.07, 6.45) is 0. The maximum atomic E-state index is 12.3. The number of benzene rings is 2. The zero-order valence-corrected chi connectivity index (χ0v) is 14.5. The van der Waals surface area contributed by atoms with Gasteiger partial charge < -0.3 is 5.11 Å². The van der Waals surface area contributed by atoms with E-state index in [-0.39, 0.29) is 15.8 Å². The molecule has 6 nitrogen and oxygen atoms in total. The number of pyridine rings is 1. The van der Waals surface area contributed by atoms with Gasteiger partial charge in [0.1, 0.15) is 0 Å². The second-order valence-corrected chi connectivity index (χ2v) is 7.84. The van der Waals surface area contributed by atoms with Crippen LogP contribution in [0.2, 0.25) is 0 Å². The summed E-state index contributed by atoms with van der Waals surface area (Å²) in [5.74, 6) is -1.14. The lowest BCUT2D eigenvalue weighted by Crippen LogP contribution is -2.22. The highest BCUT2D eigenvalue weighted by Gasteiger charge is 2.20. The summed E-state index contributed by atoms with van der Waals surface area (Å²) >= 11 is 0. The molecule has 0 saturated carbocycles. The van der Waals surface area contributed by atoms with E-state index in [1.807, 2.05) is 30.3 Å². The summed E-state index contributed by atoms with van der Waals surface area (Å²) in [5, 5.41) is 9.86. The van der Waals surface area contributed by atoms with Crippen LogP contribution in [0.15, 0.2) is 59.5 Å². The smallest absolute Gasteiger partial charge is 0.336 e. The number of aromatic carboxylic acids is 1. The number of aromatic nitrogens is 1. The second kappa shape index (κ2) is 6.27. The molecule has 0 aliphatic heterocycles. The molecule has 0 bridgehead atoms. The van der Waals surface area contributed by atoms with Crippen LogP contribution in [-0.4, -0.2) is 42.9 Å². The van der Waals surface area contributed by atoms with Gasteiger partial charge in [-0.2, -0.15) is 0 Å². The maximum Gasteiger partial charge on any atom is 0.336 e. The van der Waals surface area contributed by atoms with E-state index in [4.69, 9.17) is 0 Å². The van der Waals surface area contributed by atoms with E-state index in [1.54, 1.807) is 0 Å². The van der Waals surface area contributed by atoms with Crippen LogP contribution in [0.4, 0.5) is 0 Å². The van der Waals surface area contributed by atoms with Crippen molar-refractivity contribution in [2.75, 3.05) is 14.1 Å². The predicted molar refractivity (Wildman–Crippen MR) is 95.0 cm³/mol. The molecule has 0 atom stereocenters. The standard InChI is InChI=1S/C18H16N2O4S/c1-20(2)25(23,24)13-8-9-16-14(10-13)15(18(21)22)11-17(19-16)12-6-4-3-5-7-12/h3-11H,1-2H3,(H,21,22). The molecule has 1 aromatic heterocycles. The Hall–Kier alpha value is -2.77. The predicted octanol–water partition coefficient (Wildman–Crippen LogP) is 2.85. The van der Waals surface area contributed by atoms with Crippen molar-refractivity contribution >= 4 is 26.9 Å². The molecule has 7 heteroatoms. The van der Waals surface area contributed by atoms with Gasteiger partial charge in [-0.1, -0.05) is 30.3 Å². The largest absolute Gasteiger partial charge is 0.478 e. The average molecular weight is 356 g/mol. The van der Waals surface area contributed by atoms with Gasteiger partial charge in [0.05, 0.1) is 21.7 Å². The van der Waals surface area contributed by atoms with E-state index < -0.39 is 16.0 Å². The topological polar surface area (TPSA) is 87.6 Å². The van der Waals surface area contributed by atoms with Crippen molar-refractivity contribution in [2.45, 2.75) is 4.90 Å². The number of sulfonamides is 1. The van der Waals surface area contributed by atoms with Crippen molar-refractivity contribution in [2.24, 2.45) is 0 Å². The lowest BCUT2D eigenvalue weighted by molar-refractivity contribution is 0.0699. The zero-order valence-electron chi connectivity index (χ0n) is 13.7. The number of fused-ring (bicyclic) bond motifs is 1. The molecule has 0 radical (unpaired) electrons. The van der Waals surface area contributed by atoms with Gasteiger partial charge in [0.15, 0.2) is 0 Å². The third-order valence-corrected chi connectivity index (χ3v) is 5.67. The minimum Gasteiger partial charge on any atom is -0.478 e. The average Bonchev–Trinajstić information content (AvgIpc) is 2.60. The molecule has 3 rings (SSSR count). The Morgan fingerprint density at radius 2 is 1.72 bits per heavy atom. The van der Waals surface area contributed by atoms with Crippen LogP contribution in [-0.2, 0) is 10.0 Å². The van der Waals surface area contributed by atoms with E-state index in [9.17, 15) is 18.3 Å². The SMILES string of the molecule is CN(C)S(=O)(=O)c1ccc2nc(-c3ccccc3)cc(C(=O)O)c2c1. The molecule has 0 spiro atoms. The van der Waals surface area contributed by atoms with Crippen LogP contribution < -0.4 is 0 Å². The lowest BCUT2D eigenvalue weighted by Gasteiger charge is -2.13. The Labute approximate surface area is 145 Å². The van der Waals surface area contributed by atoms with Crippen LogP contribution in [0, 0.1) is 0 Å². The Bertz CT molecular complexity index is 1060. The van der Waals surface area contributed by atoms with Crippen LogP contribution in [0.5, 0.6) is 0 Å². The fraction of sp³-hybridized carbons (Fsp3) is 0.111. The molecular formula is C18H16N2O4S. The fourth-order valence-corrected chi connectivity index (χ4v) is 3.44. The number of hydrogen-bond acceptors (Lipinski definition) is 4. The first-order valence-electron chi connectivity index (χ1n) is 7.47. The highest BCUT2D eigenvalue weighted by Crippen LogP contribution is 2.27. The maximum absolute atomic E-state index is 12.3. The van der Waals surface area contributed by atoms with Gasteiger partial charge in [0.2, 0.25) is 10.0 Å². The van der Waals surface area contributed by atoms with Gasteiger partial charge in [-0.15, -0.1) is 0 Å². The van der Waals surface area contributed by atoms with Crippen molar-refractivity contribution in [1.82, 2.24) is 9.29 Å². The third-order valence-electron chi connectivity index (χ3n) is 3.86. The summed E-state index contributed by atoms with van der Waals surface area (Å²) < 4.78 is 25.7. The summed E-state index contributed by atoms with van der Waals surface area (Å²) in [6.45, 7) is 0. The molecule has 0 saturated heterocycles. The molecule has 25 heavy (non-hydrogen) atoms. The summed E-state index contributed by atoms with van der Waals surface area (Å²) in [4.78, 5) is 16.2. The van der Waals surface area contributed by atoms with Gasteiger partial charge in [-0.25, -0.2) is 22.5 Å². The number of carboxylic acids is 1. The van der Waals surface area contributed by atoms with Gasteiger partial charge in [-0.3, -0.25) is 0 Å². The Morgan fingerprint density at radius 3 is 2.32 bits per heavy atom. The summed E-state index contributed by atoms with van der Waals surface area (Å²) in [7, 11) is -0.811. The Morgan fingerprint density at radius 1 is 1.04 bits per heavy atom. The highest BCUT2D eigenvalue weighted by molar-refractivity contribution is 7.89. The van der Waals surface area contributed by atoms with Crippen molar-refractivity contribution in [3.8, 4) is 11.3 Å². The molecule has 0 fully saturated rings. The van der Waals surface area contributed by atoms with Crippen molar-refractivity contribution in [3.05, 3.63) is 60.2 Å². The van der Waals surface area contributed by atoms with E-state index in [2.05, 4.69) is 4.98 Å². The molecule has 0 aliphatic rings. The van der Waals surface area contributed by atoms with Crippen molar-refractivity contribution < 1.29 is 18.3 Å². The third kappa shape index (κ3) is 3.11. The first-order valence-corrected chi connectivity index (χ1v) is 8.91. The molecule has 1 N–H and O–H groups in total. The zero-order chi connectivity index (χ0) is 18.2. The fourth-order valence-electron chi connectivity index (χ4n) is 2.51. The minimum atomic E-state index is -3.66. The van der Waals surface area contributed by atoms with E-state index >= 15 is 0 Å². The van der Waals surface area contributed by atoms with Crippen LogP contribution in [0.1, 0.15) is 10.4 Å². The van der Waals surface area contributed by atoms with Gasteiger partial charge >= 0.3 is 5.97 Å². The van der Waals surface area contributed by atoms with Gasteiger partial charge in [-0.05, 0) is 24.3 Å². The Balaban J connectivity index is 2.28. The first kappa shape index (κ1) is 17.1. The van der Waals surface area contributed by atoms with Crippen molar-refractivity contribution in [1.29, 1.82) is 0 Å². The molecule has 0 amide bonds. The monoisotopic (exact) mass is 356 g/mol. The molecule has 3 aromatic rings. The van der Waals surface area contributed by atoms with E-state index in [0.717, 1.165) is 9.87 Å². The van der Waals surface area contributed by atoms with Crippen molar-refractivity contribution in [3.63, 3.8) is 0 Å². The summed E-state index contributed by atoms with van der Waals surface area (Å²) in [5.41, 5.74) is 1.75. The number of carboxylic acid groups (broad SMARTS) is 1. The van der Waals surface area contributed by atoms with E-state index in [0.29, 0.717) is 11.2 Å².